The molecule has 0 atom stereocenters. The van der Waals surface area contributed by atoms with Crippen LogP contribution in [0.15, 0.2) is 41.3 Å². The summed E-state index contributed by atoms with van der Waals surface area (Å²) in [6.45, 7) is 2.55. The minimum Gasteiger partial charge on any atom is -0.493 e. The highest BCUT2D eigenvalue weighted by Crippen LogP contribution is 2.32. The number of nitrogens with zero attached hydrogens (tertiary/aromatic N) is 2. The van der Waals surface area contributed by atoms with E-state index in [4.69, 9.17) is 4.74 Å². The minimum atomic E-state index is -4.03. The van der Waals surface area contributed by atoms with Crippen LogP contribution in [0.25, 0.3) is 0 Å². The van der Waals surface area contributed by atoms with E-state index in [0.717, 1.165) is 49.9 Å². The lowest BCUT2D eigenvalue weighted by Gasteiger charge is -2.25. The number of aryl methyl sites for hydroxylation is 1. The van der Waals surface area contributed by atoms with Gasteiger partial charge in [0.2, 0.25) is 0 Å². The van der Waals surface area contributed by atoms with Gasteiger partial charge in [0.1, 0.15) is 0 Å². The number of likely N-dealkylation sites (N-methyl/N-ethyl adjacent to an activating group) is 1. The average molecular weight is 456 g/mol. The molecule has 2 aromatic rings. The van der Waals surface area contributed by atoms with Gasteiger partial charge in [-0.05, 0) is 56.8 Å². The Morgan fingerprint density at radius 1 is 1.03 bits per heavy atom. The number of ether oxygens (including phenoxy) is 2. The monoisotopic (exact) mass is 455 g/mol. The number of hydrogen-bond acceptors (Lipinski definition) is 6. The lowest BCUT2D eigenvalue weighted by atomic mass is 10.1. The fourth-order valence-corrected chi connectivity index (χ4v) is 4.59. The molecule has 2 aromatic carbocycles. The maximum absolute atomic E-state index is 12.9. The Kier molecular flexibility index (Phi) is 7.22. The van der Waals surface area contributed by atoms with Crippen molar-refractivity contribution in [2.24, 2.45) is 0 Å². The lowest BCUT2D eigenvalue weighted by Crippen LogP contribution is -2.29. The van der Waals surface area contributed by atoms with Crippen molar-refractivity contribution in [2.75, 3.05) is 50.0 Å². The third-order valence-corrected chi connectivity index (χ3v) is 6.56. The molecule has 1 aliphatic rings. The average Bonchev–Trinajstić information content (AvgIpc) is 2.93. The zero-order valence-electron chi connectivity index (χ0n) is 17.8. The Morgan fingerprint density at radius 2 is 1.81 bits per heavy atom. The summed E-state index contributed by atoms with van der Waals surface area (Å²) in [6.07, 6.45) is 1.02. The second-order valence-electron chi connectivity index (χ2n) is 7.44. The predicted octanol–water partition coefficient (Wildman–Crippen LogP) is 3.55. The minimum absolute atomic E-state index is 0.0167. The first-order valence-electron chi connectivity index (χ1n) is 9.89. The lowest BCUT2D eigenvalue weighted by molar-refractivity contribution is -0.0513. The highest BCUT2D eigenvalue weighted by molar-refractivity contribution is 7.92. The van der Waals surface area contributed by atoms with E-state index in [9.17, 15) is 17.2 Å². The van der Waals surface area contributed by atoms with E-state index in [1.165, 1.54) is 19.2 Å². The molecule has 170 valence electrons. The number of sulfonamides is 1. The van der Waals surface area contributed by atoms with Gasteiger partial charge in [-0.15, -0.1) is 0 Å². The number of rotatable bonds is 7. The summed E-state index contributed by atoms with van der Waals surface area (Å²) >= 11 is 0. The first kappa shape index (κ1) is 23.1. The van der Waals surface area contributed by atoms with Gasteiger partial charge in [-0.3, -0.25) is 4.72 Å². The fourth-order valence-electron chi connectivity index (χ4n) is 3.53. The number of anilines is 2. The number of hydrogen-bond donors (Lipinski definition) is 1. The van der Waals surface area contributed by atoms with Gasteiger partial charge >= 0.3 is 6.61 Å². The van der Waals surface area contributed by atoms with Gasteiger partial charge in [0.25, 0.3) is 10.0 Å². The van der Waals surface area contributed by atoms with Crippen LogP contribution in [0.2, 0.25) is 0 Å². The summed E-state index contributed by atoms with van der Waals surface area (Å²) in [6, 6.07) is 8.92. The summed E-state index contributed by atoms with van der Waals surface area (Å²) in [7, 11) is -0.659. The van der Waals surface area contributed by atoms with Crippen LogP contribution in [0.3, 0.4) is 0 Å². The molecule has 0 spiro atoms. The maximum Gasteiger partial charge on any atom is 0.387 e. The topological polar surface area (TPSA) is 71.1 Å². The Balaban J connectivity index is 1.86. The van der Waals surface area contributed by atoms with Gasteiger partial charge in [-0.1, -0.05) is 6.07 Å². The molecule has 1 N–H and O–H groups in total. The fraction of sp³-hybridized carbons (Fsp3) is 0.429. The number of halogens is 2. The first-order valence-corrected chi connectivity index (χ1v) is 11.4. The molecule has 0 aromatic heterocycles. The molecule has 7 nitrogen and oxygen atoms in total. The zero-order valence-corrected chi connectivity index (χ0v) is 18.6. The molecule has 3 rings (SSSR count). The quantitative estimate of drug-likeness (QED) is 0.689. The van der Waals surface area contributed by atoms with Crippen LogP contribution >= 0.6 is 0 Å². The van der Waals surface area contributed by atoms with Gasteiger partial charge in [0.15, 0.2) is 11.5 Å². The number of alkyl halides is 2. The first-order chi connectivity index (χ1) is 14.7. The van der Waals surface area contributed by atoms with Crippen molar-refractivity contribution in [3.63, 3.8) is 0 Å². The highest BCUT2D eigenvalue weighted by Gasteiger charge is 2.21. The Labute approximate surface area is 181 Å². The van der Waals surface area contributed by atoms with E-state index in [2.05, 4.69) is 26.3 Å². The highest BCUT2D eigenvalue weighted by atomic mass is 32.2. The zero-order chi connectivity index (χ0) is 22.6. The molecule has 1 heterocycles. The summed E-state index contributed by atoms with van der Waals surface area (Å²) in [5.74, 6) is -0.332. The smallest absolute Gasteiger partial charge is 0.387 e. The Hall–Kier alpha value is -2.59. The van der Waals surface area contributed by atoms with Crippen LogP contribution in [0, 0.1) is 6.92 Å². The van der Waals surface area contributed by atoms with Gasteiger partial charge < -0.3 is 19.3 Å². The number of benzene rings is 2. The van der Waals surface area contributed by atoms with Crippen molar-refractivity contribution in [2.45, 2.75) is 24.9 Å². The van der Waals surface area contributed by atoms with Gasteiger partial charge in [-0.2, -0.15) is 8.78 Å². The van der Waals surface area contributed by atoms with E-state index >= 15 is 0 Å². The Bertz CT molecular complexity index is 1020. The van der Waals surface area contributed by atoms with Gasteiger partial charge in [-0.25, -0.2) is 8.42 Å². The molecule has 0 bridgehead atoms. The van der Waals surface area contributed by atoms with E-state index < -0.39 is 16.6 Å². The molecule has 0 radical (unpaired) electrons. The van der Waals surface area contributed by atoms with Crippen LogP contribution < -0.4 is 19.1 Å². The van der Waals surface area contributed by atoms with E-state index in [1.807, 2.05) is 13.0 Å². The second kappa shape index (κ2) is 9.69. The SMILES string of the molecule is COc1ccc(S(=O)(=O)Nc2ccc(C)c(N3CCCN(C)CC3)c2)cc1OC(F)F. The van der Waals surface area contributed by atoms with Crippen molar-refractivity contribution >= 4 is 21.4 Å². The molecule has 1 aliphatic heterocycles. The molecular formula is C21H27F2N3O4S. The number of nitrogens with one attached hydrogen (secondary N) is 1. The van der Waals surface area contributed by atoms with Crippen molar-refractivity contribution in [1.82, 2.24) is 4.90 Å². The van der Waals surface area contributed by atoms with Crippen LogP contribution in [-0.2, 0) is 10.0 Å². The van der Waals surface area contributed by atoms with Crippen LogP contribution in [0.1, 0.15) is 12.0 Å². The normalized spacial score (nSPS) is 15.6. The van der Waals surface area contributed by atoms with Crippen LogP contribution in [0.4, 0.5) is 20.2 Å². The predicted molar refractivity (Wildman–Crippen MR) is 116 cm³/mol. The van der Waals surface area contributed by atoms with Crippen LogP contribution in [0.5, 0.6) is 11.5 Å². The molecule has 0 amide bonds. The second-order valence-corrected chi connectivity index (χ2v) is 9.12. The molecule has 31 heavy (non-hydrogen) atoms. The van der Waals surface area contributed by atoms with Crippen molar-refractivity contribution in [3.8, 4) is 11.5 Å². The summed E-state index contributed by atoms with van der Waals surface area (Å²) in [5.41, 5.74) is 2.40. The molecule has 0 unspecified atom stereocenters. The summed E-state index contributed by atoms with van der Waals surface area (Å²) in [4.78, 5) is 4.31. The van der Waals surface area contributed by atoms with E-state index in [-0.39, 0.29) is 16.4 Å². The third-order valence-electron chi connectivity index (χ3n) is 5.18. The number of methoxy groups -OCH3 is 1. The van der Waals surface area contributed by atoms with Crippen molar-refractivity contribution < 1.29 is 26.7 Å². The molecule has 10 heteroatoms. The van der Waals surface area contributed by atoms with E-state index in [0.29, 0.717) is 5.69 Å². The molecule has 1 fully saturated rings. The largest absolute Gasteiger partial charge is 0.493 e. The maximum atomic E-state index is 12.9. The molecular weight excluding hydrogens is 428 g/mol. The standard InChI is InChI=1S/C21H27F2N3O4S/c1-15-5-6-16(13-18(15)26-10-4-9-25(2)11-12-26)24-31(27,28)17-7-8-19(29-3)20(14-17)30-21(22)23/h5-8,13-14,21,24H,4,9-12H2,1-3H3. The molecule has 0 saturated carbocycles. The Morgan fingerprint density at radius 3 is 2.52 bits per heavy atom. The molecule has 0 aliphatic carbocycles. The van der Waals surface area contributed by atoms with Gasteiger partial charge in [0.05, 0.1) is 17.7 Å². The van der Waals surface area contributed by atoms with E-state index in [1.54, 1.807) is 12.1 Å². The summed E-state index contributed by atoms with van der Waals surface area (Å²) in [5, 5.41) is 0. The van der Waals surface area contributed by atoms with Crippen molar-refractivity contribution in [3.05, 3.63) is 42.0 Å². The van der Waals surface area contributed by atoms with Crippen molar-refractivity contribution in [1.29, 1.82) is 0 Å². The third kappa shape index (κ3) is 5.76. The van der Waals surface area contributed by atoms with Gasteiger partial charge in [0, 0.05) is 31.4 Å². The summed E-state index contributed by atoms with van der Waals surface area (Å²) < 4.78 is 63.0. The molecule has 1 saturated heterocycles. The van der Waals surface area contributed by atoms with Crippen LogP contribution in [-0.4, -0.2) is 60.3 Å².